The zero-order valence-corrected chi connectivity index (χ0v) is 22.1. The average molecular weight is 538 g/mol. The van der Waals surface area contributed by atoms with Crippen molar-refractivity contribution in [1.29, 1.82) is 0 Å². The van der Waals surface area contributed by atoms with Gasteiger partial charge in [-0.15, -0.1) is 0 Å². The lowest BCUT2D eigenvalue weighted by molar-refractivity contribution is 0.0923. The smallest absolute Gasteiger partial charge is 0.307 e. The Morgan fingerprint density at radius 1 is 0.875 bits per heavy atom. The van der Waals surface area contributed by atoms with E-state index < -0.39 is 5.91 Å². The van der Waals surface area contributed by atoms with E-state index in [9.17, 15) is 9.18 Å². The summed E-state index contributed by atoms with van der Waals surface area (Å²) in [5, 5.41) is 4.04. The minimum absolute atomic E-state index is 0.116. The van der Waals surface area contributed by atoms with Crippen LogP contribution in [0.4, 0.5) is 4.39 Å². The van der Waals surface area contributed by atoms with Crippen LogP contribution in [0.2, 0.25) is 0 Å². The van der Waals surface area contributed by atoms with E-state index in [1.54, 1.807) is 30.3 Å². The molecule has 0 radical (unpaired) electrons. The molecule has 8 heteroatoms. The second-order valence-electron chi connectivity index (χ2n) is 9.15. The molecule has 0 unspecified atom stereocenters. The molecule has 0 saturated heterocycles. The number of nitrogens with one attached hydrogen (secondary N) is 1. The molecular formula is C32H28FN3O4. The molecule has 0 saturated carbocycles. The summed E-state index contributed by atoms with van der Waals surface area (Å²) in [7, 11) is 0. The number of aromatic nitrogens is 1. The highest BCUT2D eigenvalue weighted by Gasteiger charge is 2.11. The number of aryl methyl sites for hydroxylation is 2. The van der Waals surface area contributed by atoms with E-state index in [0.717, 1.165) is 22.6 Å². The summed E-state index contributed by atoms with van der Waals surface area (Å²) in [6.07, 6.45) is 1.49. The van der Waals surface area contributed by atoms with Crippen molar-refractivity contribution in [3.8, 4) is 17.2 Å². The van der Waals surface area contributed by atoms with Crippen molar-refractivity contribution in [2.24, 2.45) is 5.10 Å². The van der Waals surface area contributed by atoms with Crippen molar-refractivity contribution in [1.82, 2.24) is 9.99 Å². The Morgan fingerprint density at radius 3 is 2.35 bits per heavy atom. The fraction of sp³-hybridized carbons (Fsp3) is 0.125. The van der Waals surface area contributed by atoms with Gasteiger partial charge in [0.25, 0.3) is 0 Å². The van der Waals surface area contributed by atoms with E-state index in [1.807, 2.05) is 42.5 Å². The summed E-state index contributed by atoms with van der Waals surface area (Å²) in [6, 6.07) is 28.6. The molecule has 0 bridgehead atoms. The maximum absolute atomic E-state index is 13.1. The molecule has 0 aliphatic heterocycles. The molecule has 7 nitrogen and oxygen atoms in total. The van der Waals surface area contributed by atoms with E-state index >= 15 is 0 Å². The number of nitrogens with zero attached hydrogens (tertiary/aromatic N) is 2. The largest absolute Gasteiger partial charge is 0.488 e. The number of carbonyl (C=O) groups is 1. The molecule has 5 rings (SSSR count). The number of halogens is 1. The van der Waals surface area contributed by atoms with Gasteiger partial charge in [-0.25, -0.2) is 9.82 Å². The predicted octanol–water partition coefficient (Wildman–Crippen LogP) is 6.75. The zero-order chi connectivity index (χ0) is 27.9. The minimum atomic E-state index is -0.492. The summed E-state index contributed by atoms with van der Waals surface area (Å²) >= 11 is 0. The third-order valence-corrected chi connectivity index (χ3v) is 6.23. The van der Waals surface area contributed by atoms with Crippen LogP contribution in [-0.4, -0.2) is 16.7 Å². The number of ether oxygens (including phenoxy) is 2. The predicted molar refractivity (Wildman–Crippen MR) is 151 cm³/mol. The highest BCUT2D eigenvalue weighted by molar-refractivity contribution is 5.92. The van der Waals surface area contributed by atoms with Gasteiger partial charge in [0.1, 0.15) is 36.3 Å². The Bertz CT molecular complexity index is 1600. The van der Waals surface area contributed by atoms with Crippen LogP contribution in [0.1, 0.15) is 38.8 Å². The first-order valence-electron chi connectivity index (χ1n) is 12.7. The van der Waals surface area contributed by atoms with Crippen LogP contribution >= 0.6 is 0 Å². The van der Waals surface area contributed by atoms with Crippen LogP contribution in [0.15, 0.2) is 107 Å². The van der Waals surface area contributed by atoms with Crippen molar-refractivity contribution in [3.63, 3.8) is 0 Å². The third-order valence-electron chi connectivity index (χ3n) is 6.23. The highest BCUT2D eigenvalue weighted by Crippen LogP contribution is 2.21. The van der Waals surface area contributed by atoms with Gasteiger partial charge in [-0.1, -0.05) is 24.3 Å². The van der Waals surface area contributed by atoms with Crippen LogP contribution in [0, 0.1) is 19.7 Å². The number of hydrogen-bond acceptors (Lipinski definition) is 5. The molecule has 0 aliphatic rings. The van der Waals surface area contributed by atoms with Crippen LogP contribution < -0.4 is 14.9 Å². The Morgan fingerprint density at radius 2 is 1.60 bits per heavy atom. The first-order chi connectivity index (χ1) is 19.5. The van der Waals surface area contributed by atoms with Crippen LogP contribution in [0.25, 0.3) is 5.69 Å². The molecule has 2 aromatic heterocycles. The summed E-state index contributed by atoms with van der Waals surface area (Å²) in [6.45, 7) is 4.58. The zero-order valence-electron chi connectivity index (χ0n) is 22.1. The number of rotatable bonds is 10. The van der Waals surface area contributed by atoms with Crippen molar-refractivity contribution < 1.29 is 23.1 Å². The molecule has 3 aromatic carbocycles. The van der Waals surface area contributed by atoms with Gasteiger partial charge in [0.2, 0.25) is 0 Å². The molecule has 202 valence electrons. The van der Waals surface area contributed by atoms with Gasteiger partial charge in [0.15, 0.2) is 5.76 Å². The maximum atomic E-state index is 13.1. The lowest BCUT2D eigenvalue weighted by atomic mass is 10.2. The number of furan rings is 1. The quantitative estimate of drug-likeness (QED) is 0.158. The Kier molecular flexibility index (Phi) is 8.06. The van der Waals surface area contributed by atoms with Gasteiger partial charge in [0.05, 0.1) is 6.21 Å². The van der Waals surface area contributed by atoms with Gasteiger partial charge in [-0.05, 0) is 92.2 Å². The second kappa shape index (κ2) is 12.2. The third kappa shape index (κ3) is 6.47. The molecule has 1 amide bonds. The number of para-hydroxylation sites is 1. The molecule has 5 aromatic rings. The van der Waals surface area contributed by atoms with Gasteiger partial charge in [0, 0.05) is 22.6 Å². The number of hydrogen-bond donors (Lipinski definition) is 1. The molecule has 0 fully saturated rings. The van der Waals surface area contributed by atoms with Crippen LogP contribution in [0.3, 0.4) is 0 Å². The standard InChI is InChI=1S/C32H28FN3O4/c1-22-7-8-23(2)36(22)27-13-15-28(16-14-27)38-21-29-17-18-31(40-29)32(37)35-34-19-25-5-3-4-6-30(25)39-20-24-9-11-26(33)12-10-24/h3-19H,20-21H2,1-2H3,(H,35,37)/b34-19+. The molecule has 1 N–H and O–H groups in total. The fourth-order valence-corrected chi connectivity index (χ4v) is 4.18. The maximum Gasteiger partial charge on any atom is 0.307 e. The minimum Gasteiger partial charge on any atom is -0.488 e. The molecule has 40 heavy (non-hydrogen) atoms. The topological polar surface area (TPSA) is 78.0 Å². The normalized spacial score (nSPS) is 11.1. The Balaban J connectivity index is 1.13. The van der Waals surface area contributed by atoms with Crippen LogP contribution in [0.5, 0.6) is 11.5 Å². The number of amides is 1. The van der Waals surface area contributed by atoms with E-state index in [1.165, 1.54) is 18.3 Å². The average Bonchev–Trinajstić information content (AvgIpc) is 3.58. The lowest BCUT2D eigenvalue weighted by Gasteiger charge is -2.10. The SMILES string of the molecule is Cc1ccc(C)n1-c1ccc(OCc2ccc(C(=O)N/N=C/c3ccccc3OCc3ccc(F)cc3)o2)cc1. The van der Waals surface area contributed by atoms with E-state index in [-0.39, 0.29) is 24.8 Å². The van der Waals surface area contributed by atoms with Gasteiger partial charge in [-0.3, -0.25) is 4.79 Å². The molecule has 2 heterocycles. The van der Waals surface area contributed by atoms with E-state index in [0.29, 0.717) is 22.8 Å². The first kappa shape index (κ1) is 26.5. The van der Waals surface area contributed by atoms with E-state index in [4.69, 9.17) is 13.9 Å². The molecular weight excluding hydrogens is 509 g/mol. The molecule has 0 aliphatic carbocycles. The molecule has 0 spiro atoms. The second-order valence-corrected chi connectivity index (χ2v) is 9.15. The number of carbonyl (C=O) groups excluding carboxylic acids is 1. The monoisotopic (exact) mass is 537 g/mol. The number of benzene rings is 3. The highest BCUT2D eigenvalue weighted by atomic mass is 19.1. The van der Waals surface area contributed by atoms with Gasteiger partial charge < -0.3 is 18.5 Å². The Labute approximate surface area is 231 Å². The van der Waals surface area contributed by atoms with Gasteiger partial charge >= 0.3 is 5.91 Å². The van der Waals surface area contributed by atoms with Crippen LogP contribution in [-0.2, 0) is 13.2 Å². The van der Waals surface area contributed by atoms with E-state index in [2.05, 4.69) is 41.1 Å². The van der Waals surface area contributed by atoms with Gasteiger partial charge in [-0.2, -0.15) is 5.10 Å². The summed E-state index contributed by atoms with van der Waals surface area (Å²) in [5.74, 6) is 1.11. The molecule has 0 atom stereocenters. The Hall–Kier alpha value is -5.11. The fourth-order valence-electron chi connectivity index (χ4n) is 4.18. The lowest BCUT2D eigenvalue weighted by Crippen LogP contribution is -2.16. The van der Waals surface area contributed by atoms with Crippen molar-refractivity contribution in [2.45, 2.75) is 27.1 Å². The number of hydrazone groups is 1. The van der Waals surface area contributed by atoms with Crippen molar-refractivity contribution >= 4 is 12.1 Å². The summed E-state index contributed by atoms with van der Waals surface area (Å²) < 4.78 is 32.6. The summed E-state index contributed by atoms with van der Waals surface area (Å²) in [5.41, 5.74) is 7.36. The first-order valence-corrected chi connectivity index (χ1v) is 12.7. The van der Waals surface area contributed by atoms with Crippen molar-refractivity contribution in [2.75, 3.05) is 0 Å². The summed E-state index contributed by atoms with van der Waals surface area (Å²) in [4.78, 5) is 12.5. The van der Waals surface area contributed by atoms with Crippen molar-refractivity contribution in [3.05, 3.63) is 137 Å².